The lowest BCUT2D eigenvalue weighted by Gasteiger charge is -2.05. The van der Waals surface area contributed by atoms with Gasteiger partial charge in [-0.05, 0) is 13.3 Å². The third-order valence-electron chi connectivity index (χ3n) is 3.76. The Morgan fingerprint density at radius 2 is 0.960 bits per heavy atom. The van der Waals surface area contributed by atoms with Crippen molar-refractivity contribution in [1.29, 1.82) is 0 Å². The van der Waals surface area contributed by atoms with Crippen molar-refractivity contribution in [2.24, 2.45) is 0 Å². The van der Waals surface area contributed by atoms with Gasteiger partial charge in [0.2, 0.25) is 0 Å². The molecule has 0 amide bonds. The summed E-state index contributed by atoms with van der Waals surface area (Å²) in [4.78, 5) is 17.0. The van der Waals surface area contributed by atoms with Gasteiger partial charge in [-0.25, -0.2) is 4.57 Å². The number of aliphatic hydroxyl groups is 1. The summed E-state index contributed by atoms with van der Waals surface area (Å²) in [6.07, 6.45) is 17.8. The molecule has 0 rings (SSSR count). The molecule has 0 radical (unpaired) electrons. The van der Waals surface area contributed by atoms with Crippen molar-refractivity contribution in [2.75, 3.05) is 13.2 Å². The first-order chi connectivity index (χ1) is 11.5. The zero-order valence-corrected chi connectivity index (χ0v) is 17.5. The SMILES string of the molecule is CCCCCCCCCCCCCCCCOP(=O)(O)O.CCO.N. The molecule has 0 heterocycles. The highest BCUT2D eigenvalue weighted by Crippen LogP contribution is 2.35. The van der Waals surface area contributed by atoms with Gasteiger partial charge in [-0.2, -0.15) is 0 Å². The molecule has 156 valence electrons. The van der Waals surface area contributed by atoms with Crippen molar-refractivity contribution in [3.05, 3.63) is 0 Å². The predicted molar refractivity (Wildman–Crippen MR) is 106 cm³/mol. The third-order valence-corrected chi connectivity index (χ3v) is 4.28. The van der Waals surface area contributed by atoms with Crippen LogP contribution in [0.3, 0.4) is 0 Å². The highest BCUT2D eigenvalue weighted by molar-refractivity contribution is 7.46. The largest absolute Gasteiger partial charge is 0.469 e. The lowest BCUT2D eigenvalue weighted by molar-refractivity contribution is 0.193. The number of rotatable bonds is 16. The Balaban J connectivity index is -0.00000112. The van der Waals surface area contributed by atoms with Crippen LogP contribution in [-0.4, -0.2) is 28.1 Å². The second-order valence-corrected chi connectivity index (χ2v) is 7.48. The van der Waals surface area contributed by atoms with Crippen molar-refractivity contribution in [3.63, 3.8) is 0 Å². The fourth-order valence-electron chi connectivity index (χ4n) is 2.48. The van der Waals surface area contributed by atoms with E-state index in [0.29, 0.717) is 0 Å². The van der Waals surface area contributed by atoms with Gasteiger partial charge in [-0.15, -0.1) is 0 Å². The van der Waals surface area contributed by atoms with Gasteiger partial charge < -0.3 is 21.0 Å². The maximum atomic E-state index is 10.4. The summed E-state index contributed by atoms with van der Waals surface area (Å²) in [7, 11) is -4.25. The van der Waals surface area contributed by atoms with E-state index in [1.165, 1.54) is 70.6 Å². The minimum absolute atomic E-state index is 0. The first-order valence-electron chi connectivity index (χ1n) is 9.78. The molecule has 0 saturated heterocycles. The van der Waals surface area contributed by atoms with Crippen LogP contribution in [0.5, 0.6) is 0 Å². The molecule has 6 N–H and O–H groups in total. The lowest BCUT2D eigenvalue weighted by Crippen LogP contribution is -1.92. The van der Waals surface area contributed by atoms with Gasteiger partial charge in [0.05, 0.1) is 6.61 Å². The highest BCUT2D eigenvalue weighted by Gasteiger charge is 2.12. The highest BCUT2D eigenvalue weighted by atomic mass is 31.2. The summed E-state index contributed by atoms with van der Waals surface area (Å²) in [6.45, 7) is 4.35. The summed E-state index contributed by atoms with van der Waals surface area (Å²) in [5, 5.41) is 7.57. The zero-order chi connectivity index (χ0) is 18.5. The molecule has 0 atom stereocenters. The Labute approximate surface area is 155 Å². The molecule has 0 unspecified atom stereocenters. The van der Waals surface area contributed by atoms with Gasteiger partial charge in [-0.3, -0.25) is 4.52 Å². The van der Waals surface area contributed by atoms with Crippen LogP contribution in [0.2, 0.25) is 0 Å². The number of hydrogen-bond donors (Lipinski definition) is 4. The summed E-state index contributed by atoms with van der Waals surface area (Å²) in [5.41, 5.74) is 0. The maximum Gasteiger partial charge on any atom is 0.469 e. The Morgan fingerprint density at radius 3 is 1.24 bits per heavy atom. The maximum absolute atomic E-state index is 10.4. The Kier molecular flexibility index (Phi) is 28.6. The lowest BCUT2D eigenvalue weighted by atomic mass is 10.0. The molecular formula is C18H44NO5P. The van der Waals surface area contributed by atoms with Crippen LogP contribution in [-0.2, 0) is 9.09 Å². The number of aliphatic hydroxyl groups excluding tert-OH is 1. The van der Waals surface area contributed by atoms with Crippen molar-refractivity contribution in [3.8, 4) is 0 Å². The molecule has 0 aliphatic heterocycles. The van der Waals surface area contributed by atoms with Crippen LogP contribution in [0, 0.1) is 0 Å². The molecule has 0 saturated carbocycles. The number of unbranched alkanes of at least 4 members (excludes halogenated alkanes) is 13. The van der Waals surface area contributed by atoms with Gasteiger partial charge in [0.15, 0.2) is 0 Å². The van der Waals surface area contributed by atoms with E-state index >= 15 is 0 Å². The number of phosphoric ester groups is 1. The van der Waals surface area contributed by atoms with Crippen LogP contribution in [0.4, 0.5) is 0 Å². The molecule has 0 aromatic heterocycles. The van der Waals surface area contributed by atoms with E-state index in [0.717, 1.165) is 19.3 Å². The summed E-state index contributed by atoms with van der Waals surface area (Å²) < 4.78 is 14.8. The Morgan fingerprint density at radius 1 is 0.680 bits per heavy atom. The Bertz CT molecular complexity index is 274. The van der Waals surface area contributed by atoms with Crippen LogP contribution in [0.1, 0.15) is 104 Å². The third kappa shape index (κ3) is 35.9. The van der Waals surface area contributed by atoms with Gasteiger partial charge in [0, 0.05) is 6.61 Å². The van der Waals surface area contributed by atoms with E-state index < -0.39 is 7.82 Å². The molecule has 0 aliphatic rings. The van der Waals surface area contributed by atoms with Crippen molar-refractivity contribution in [1.82, 2.24) is 6.15 Å². The van der Waals surface area contributed by atoms with Crippen molar-refractivity contribution >= 4 is 7.82 Å². The van der Waals surface area contributed by atoms with E-state index in [1.807, 2.05) is 0 Å². The summed E-state index contributed by atoms with van der Waals surface area (Å²) in [5.74, 6) is 0. The smallest absolute Gasteiger partial charge is 0.397 e. The topological polar surface area (TPSA) is 122 Å². The number of hydrogen-bond acceptors (Lipinski definition) is 4. The van der Waals surface area contributed by atoms with E-state index in [9.17, 15) is 4.57 Å². The first-order valence-corrected chi connectivity index (χ1v) is 11.3. The molecule has 0 bridgehead atoms. The van der Waals surface area contributed by atoms with E-state index in [2.05, 4.69) is 11.4 Å². The molecule has 25 heavy (non-hydrogen) atoms. The summed E-state index contributed by atoms with van der Waals surface area (Å²) in [6, 6.07) is 0. The first kappa shape index (κ1) is 29.8. The monoisotopic (exact) mass is 385 g/mol. The molecule has 7 heteroatoms. The molecular weight excluding hydrogens is 341 g/mol. The molecule has 0 spiro atoms. The fraction of sp³-hybridized carbons (Fsp3) is 1.00. The van der Waals surface area contributed by atoms with Crippen LogP contribution in [0.15, 0.2) is 0 Å². The second-order valence-electron chi connectivity index (χ2n) is 6.24. The van der Waals surface area contributed by atoms with Crippen LogP contribution >= 0.6 is 7.82 Å². The average molecular weight is 386 g/mol. The van der Waals surface area contributed by atoms with Crippen LogP contribution in [0.25, 0.3) is 0 Å². The molecule has 0 aromatic rings. The predicted octanol–water partition coefficient (Wildman–Crippen LogP) is 5.74. The molecule has 0 aliphatic carbocycles. The molecule has 0 fully saturated rings. The minimum Gasteiger partial charge on any atom is -0.397 e. The van der Waals surface area contributed by atoms with E-state index in [1.54, 1.807) is 6.92 Å². The van der Waals surface area contributed by atoms with Gasteiger partial charge in [0.1, 0.15) is 0 Å². The van der Waals surface area contributed by atoms with E-state index in [4.69, 9.17) is 14.9 Å². The van der Waals surface area contributed by atoms with Crippen molar-refractivity contribution in [2.45, 2.75) is 104 Å². The van der Waals surface area contributed by atoms with Gasteiger partial charge in [0.25, 0.3) is 0 Å². The quantitative estimate of drug-likeness (QED) is 0.198. The zero-order valence-electron chi connectivity index (χ0n) is 16.6. The van der Waals surface area contributed by atoms with E-state index in [-0.39, 0.29) is 19.4 Å². The number of phosphoric acid groups is 1. The minimum atomic E-state index is -4.25. The van der Waals surface area contributed by atoms with Crippen LogP contribution < -0.4 is 6.15 Å². The van der Waals surface area contributed by atoms with Crippen molar-refractivity contribution < 1.29 is 24.0 Å². The second kappa shape index (κ2) is 24.0. The fourth-order valence-corrected chi connectivity index (χ4v) is 2.85. The normalized spacial score (nSPS) is 10.8. The molecule has 6 nitrogen and oxygen atoms in total. The standard InChI is InChI=1S/C16H35O4P.C2H6O.H3N/c1-2-3-4-5-6-7-8-9-10-11-12-13-14-15-16-20-21(17,18)19;1-2-3;/h2-16H2,1H3,(H2,17,18,19);3H,2H2,1H3;1H3. The Hall–Kier alpha value is 0.0300. The average Bonchev–Trinajstić information content (AvgIpc) is 2.51. The summed E-state index contributed by atoms with van der Waals surface area (Å²) >= 11 is 0. The van der Waals surface area contributed by atoms with Gasteiger partial charge >= 0.3 is 7.82 Å². The van der Waals surface area contributed by atoms with Gasteiger partial charge in [-0.1, -0.05) is 90.4 Å². The molecule has 0 aromatic carbocycles.